The molecule has 1 unspecified atom stereocenters. The van der Waals surface area contributed by atoms with Gasteiger partial charge in [-0.05, 0) is 67.8 Å². The van der Waals surface area contributed by atoms with Crippen molar-refractivity contribution in [2.75, 3.05) is 23.3 Å². The zero-order valence-electron chi connectivity index (χ0n) is 18.1. The van der Waals surface area contributed by atoms with Gasteiger partial charge in [-0.2, -0.15) is 0 Å². The predicted molar refractivity (Wildman–Crippen MR) is 122 cm³/mol. The van der Waals surface area contributed by atoms with E-state index in [4.69, 9.17) is 0 Å². The Hall–Kier alpha value is -2.71. The van der Waals surface area contributed by atoms with Crippen molar-refractivity contribution in [3.63, 3.8) is 0 Å². The SMILES string of the molecule is CCCCNS(=O)(=O)c1ccc(NC(=O)C2CC(=O)N(c3cc(C)cc(C)c3)C2)cc1. The van der Waals surface area contributed by atoms with Crippen molar-refractivity contribution < 1.29 is 18.0 Å². The fraction of sp³-hybridized carbons (Fsp3) is 0.391. The maximum atomic E-state index is 12.7. The highest BCUT2D eigenvalue weighted by atomic mass is 32.2. The maximum Gasteiger partial charge on any atom is 0.240 e. The first kappa shape index (κ1) is 23.0. The van der Waals surface area contributed by atoms with Crippen LogP contribution in [0.15, 0.2) is 47.4 Å². The molecule has 1 aliphatic rings. The van der Waals surface area contributed by atoms with Gasteiger partial charge in [-0.25, -0.2) is 13.1 Å². The number of nitrogens with one attached hydrogen (secondary N) is 2. The van der Waals surface area contributed by atoms with Gasteiger partial charge in [-0.15, -0.1) is 0 Å². The summed E-state index contributed by atoms with van der Waals surface area (Å²) < 4.78 is 27.1. The monoisotopic (exact) mass is 443 g/mol. The largest absolute Gasteiger partial charge is 0.326 e. The van der Waals surface area contributed by atoms with E-state index >= 15 is 0 Å². The zero-order valence-corrected chi connectivity index (χ0v) is 19.0. The molecule has 2 amide bonds. The second-order valence-corrected chi connectivity index (χ2v) is 9.78. The second-order valence-electron chi connectivity index (χ2n) is 8.02. The lowest BCUT2D eigenvalue weighted by atomic mass is 10.1. The average molecular weight is 444 g/mol. The number of amides is 2. The average Bonchev–Trinajstić information content (AvgIpc) is 3.10. The molecule has 2 aromatic rings. The first-order chi connectivity index (χ1) is 14.7. The summed E-state index contributed by atoms with van der Waals surface area (Å²) in [6.45, 7) is 6.66. The van der Waals surface area contributed by atoms with E-state index in [1.165, 1.54) is 12.1 Å². The molecule has 166 valence electrons. The summed E-state index contributed by atoms with van der Waals surface area (Å²) in [6, 6.07) is 12.0. The summed E-state index contributed by atoms with van der Waals surface area (Å²) in [4.78, 5) is 27.0. The number of carbonyl (C=O) groups is 2. The van der Waals surface area contributed by atoms with Crippen LogP contribution in [0.4, 0.5) is 11.4 Å². The van der Waals surface area contributed by atoms with Gasteiger partial charge >= 0.3 is 0 Å². The van der Waals surface area contributed by atoms with E-state index in [1.54, 1.807) is 17.0 Å². The Morgan fingerprint density at radius 3 is 2.35 bits per heavy atom. The van der Waals surface area contributed by atoms with Crippen LogP contribution in [0.1, 0.15) is 37.3 Å². The van der Waals surface area contributed by atoms with Crippen molar-refractivity contribution in [1.82, 2.24) is 4.72 Å². The molecular weight excluding hydrogens is 414 g/mol. The van der Waals surface area contributed by atoms with E-state index in [9.17, 15) is 18.0 Å². The summed E-state index contributed by atoms with van der Waals surface area (Å²) in [6.07, 6.45) is 1.82. The molecule has 31 heavy (non-hydrogen) atoms. The number of hydrogen-bond acceptors (Lipinski definition) is 4. The van der Waals surface area contributed by atoms with Crippen LogP contribution in [-0.2, 0) is 19.6 Å². The predicted octanol–water partition coefficient (Wildman–Crippen LogP) is 3.37. The zero-order chi connectivity index (χ0) is 22.6. The lowest BCUT2D eigenvalue weighted by Crippen LogP contribution is -2.28. The molecule has 1 aliphatic heterocycles. The highest BCUT2D eigenvalue weighted by Gasteiger charge is 2.35. The number of aryl methyl sites for hydroxylation is 2. The summed E-state index contributed by atoms with van der Waals surface area (Å²) in [5.41, 5.74) is 3.43. The van der Waals surface area contributed by atoms with Crippen molar-refractivity contribution in [1.29, 1.82) is 0 Å². The quantitative estimate of drug-likeness (QED) is 0.612. The number of rotatable bonds is 8. The fourth-order valence-corrected chi connectivity index (χ4v) is 4.74. The Morgan fingerprint density at radius 2 is 1.74 bits per heavy atom. The van der Waals surface area contributed by atoms with Crippen LogP contribution >= 0.6 is 0 Å². The van der Waals surface area contributed by atoms with Gasteiger partial charge in [0.1, 0.15) is 0 Å². The molecule has 0 spiro atoms. The molecule has 0 bridgehead atoms. The summed E-state index contributed by atoms with van der Waals surface area (Å²) in [5.74, 6) is -0.797. The van der Waals surface area contributed by atoms with Crippen LogP contribution in [0.3, 0.4) is 0 Å². The maximum absolute atomic E-state index is 12.7. The number of sulfonamides is 1. The Kier molecular flexibility index (Phi) is 7.12. The Morgan fingerprint density at radius 1 is 1.10 bits per heavy atom. The van der Waals surface area contributed by atoms with E-state index in [1.807, 2.05) is 39.0 Å². The van der Waals surface area contributed by atoms with Crippen molar-refractivity contribution in [2.45, 2.75) is 44.9 Å². The van der Waals surface area contributed by atoms with Crippen molar-refractivity contribution in [3.8, 4) is 0 Å². The van der Waals surface area contributed by atoms with Gasteiger partial charge in [0.15, 0.2) is 0 Å². The van der Waals surface area contributed by atoms with Crippen molar-refractivity contribution in [2.24, 2.45) is 5.92 Å². The fourth-order valence-electron chi connectivity index (χ4n) is 3.67. The van der Waals surface area contributed by atoms with E-state index in [0.717, 1.165) is 29.7 Å². The van der Waals surface area contributed by atoms with Gasteiger partial charge in [0.2, 0.25) is 21.8 Å². The first-order valence-corrected chi connectivity index (χ1v) is 12.0. The minimum atomic E-state index is -3.56. The molecule has 1 heterocycles. The van der Waals surface area contributed by atoms with Gasteiger partial charge in [0, 0.05) is 30.9 Å². The smallest absolute Gasteiger partial charge is 0.240 e. The third-order valence-electron chi connectivity index (χ3n) is 5.27. The van der Waals surface area contributed by atoms with Crippen LogP contribution in [0, 0.1) is 19.8 Å². The van der Waals surface area contributed by atoms with E-state index in [0.29, 0.717) is 18.8 Å². The number of unbranched alkanes of at least 4 members (excludes halogenated alkanes) is 1. The van der Waals surface area contributed by atoms with Crippen LogP contribution in [0.5, 0.6) is 0 Å². The molecule has 1 atom stereocenters. The molecule has 0 aliphatic carbocycles. The molecule has 3 rings (SSSR count). The van der Waals surface area contributed by atoms with Gasteiger partial charge in [-0.1, -0.05) is 19.4 Å². The summed E-state index contributed by atoms with van der Waals surface area (Å²) in [7, 11) is -3.56. The van der Waals surface area contributed by atoms with Crippen LogP contribution in [0.2, 0.25) is 0 Å². The Balaban J connectivity index is 1.63. The Labute approximate surface area is 183 Å². The topological polar surface area (TPSA) is 95.6 Å². The number of benzene rings is 2. The number of nitrogens with zero attached hydrogens (tertiary/aromatic N) is 1. The van der Waals surface area contributed by atoms with Gasteiger partial charge in [0.25, 0.3) is 0 Å². The summed E-state index contributed by atoms with van der Waals surface area (Å²) >= 11 is 0. The number of hydrogen-bond donors (Lipinski definition) is 2. The minimum Gasteiger partial charge on any atom is -0.326 e. The third kappa shape index (κ3) is 5.71. The van der Waals surface area contributed by atoms with Gasteiger partial charge < -0.3 is 10.2 Å². The lowest BCUT2D eigenvalue weighted by Gasteiger charge is -2.18. The highest BCUT2D eigenvalue weighted by Crippen LogP contribution is 2.28. The molecule has 0 aromatic heterocycles. The molecule has 8 heteroatoms. The molecule has 2 aromatic carbocycles. The van der Waals surface area contributed by atoms with Crippen molar-refractivity contribution in [3.05, 3.63) is 53.6 Å². The first-order valence-electron chi connectivity index (χ1n) is 10.5. The van der Waals surface area contributed by atoms with E-state index in [2.05, 4.69) is 10.0 Å². The standard InChI is InChI=1S/C23H29N3O4S/c1-4-5-10-24-31(29,30)21-8-6-19(7-9-21)25-23(28)18-14-22(27)26(15-18)20-12-16(2)11-17(3)13-20/h6-9,11-13,18,24H,4-5,10,14-15H2,1-3H3,(H,25,28). The van der Waals surface area contributed by atoms with Gasteiger partial charge in [0.05, 0.1) is 10.8 Å². The number of carbonyl (C=O) groups excluding carboxylic acids is 2. The molecule has 1 fully saturated rings. The second kappa shape index (κ2) is 9.62. The van der Waals surface area contributed by atoms with E-state index < -0.39 is 15.9 Å². The van der Waals surface area contributed by atoms with Gasteiger partial charge in [-0.3, -0.25) is 9.59 Å². The molecule has 1 saturated heterocycles. The Bertz CT molecular complexity index is 1040. The van der Waals surface area contributed by atoms with Crippen LogP contribution in [0.25, 0.3) is 0 Å². The highest BCUT2D eigenvalue weighted by molar-refractivity contribution is 7.89. The third-order valence-corrected chi connectivity index (χ3v) is 6.75. The molecular formula is C23H29N3O4S. The van der Waals surface area contributed by atoms with Crippen LogP contribution < -0.4 is 14.9 Å². The lowest BCUT2D eigenvalue weighted by molar-refractivity contribution is -0.122. The molecule has 0 saturated carbocycles. The molecule has 7 nitrogen and oxygen atoms in total. The molecule has 2 N–H and O–H groups in total. The normalized spacial score (nSPS) is 16.5. The van der Waals surface area contributed by atoms with Crippen molar-refractivity contribution >= 4 is 33.2 Å². The molecule has 0 radical (unpaired) electrons. The number of anilines is 2. The van der Waals surface area contributed by atoms with E-state index in [-0.39, 0.29) is 23.1 Å². The minimum absolute atomic E-state index is 0.0789. The van der Waals surface area contributed by atoms with Crippen LogP contribution in [-0.4, -0.2) is 33.3 Å². The summed E-state index contributed by atoms with van der Waals surface area (Å²) in [5, 5.41) is 2.80.